The number of benzene rings is 1. The van der Waals surface area contributed by atoms with E-state index >= 15 is 0 Å². The Hall–Kier alpha value is -2.14. The van der Waals surface area contributed by atoms with E-state index in [1.807, 2.05) is 25.1 Å². The number of methoxy groups -OCH3 is 1. The van der Waals surface area contributed by atoms with Gasteiger partial charge in [-0.05, 0) is 18.9 Å². The maximum absolute atomic E-state index is 12.4. The lowest BCUT2D eigenvalue weighted by atomic mass is 10.1. The van der Waals surface area contributed by atoms with Gasteiger partial charge in [-0.15, -0.1) is 0 Å². The molecule has 126 valence electrons. The molecule has 0 aliphatic heterocycles. The topological polar surface area (TPSA) is 61.8 Å². The SMILES string of the molecule is C=C(C(=O)OCC)[C@H](CCC)OC(=O)[C@H](OC)c1ccccc1. The van der Waals surface area contributed by atoms with E-state index in [-0.39, 0.29) is 12.2 Å². The highest BCUT2D eigenvalue weighted by Gasteiger charge is 2.28. The Morgan fingerprint density at radius 1 is 1.17 bits per heavy atom. The van der Waals surface area contributed by atoms with Crippen molar-refractivity contribution in [2.24, 2.45) is 0 Å². The Labute approximate surface area is 137 Å². The summed E-state index contributed by atoms with van der Waals surface area (Å²) in [5, 5.41) is 0. The van der Waals surface area contributed by atoms with Gasteiger partial charge in [0.25, 0.3) is 0 Å². The Morgan fingerprint density at radius 2 is 1.83 bits per heavy atom. The van der Waals surface area contributed by atoms with Crippen LogP contribution >= 0.6 is 0 Å². The second-order valence-corrected chi connectivity index (χ2v) is 4.99. The maximum Gasteiger partial charge on any atom is 0.340 e. The molecule has 0 heterocycles. The van der Waals surface area contributed by atoms with Crippen LogP contribution in [0.25, 0.3) is 0 Å². The smallest absolute Gasteiger partial charge is 0.340 e. The minimum absolute atomic E-state index is 0.143. The van der Waals surface area contributed by atoms with Crippen LogP contribution in [0.3, 0.4) is 0 Å². The summed E-state index contributed by atoms with van der Waals surface area (Å²) in [6.45, 7) is 7.60. The predicted molar refractivity (Wildman–Crippen MR) is 86.8 cm³/mol. The molecule has 0 fully saturated rings. The first-order valence-corrected chi connectivity index (χ1v) is 7.69. The summed E-state index contributed by atoms with van der Waals surface area (Å²) in [5.74, 6) is -1.10. The van der Waals surface area contributed by atoms with Gasteiger partial charge in [-0.3, -0.25) is 0 Å². The first-order chi connectivity index (χ1) is 11.0. The van der Waals surface area contributed by atoms with E-state index in [0.29, 0.717) is 12.0 Å². The average molecular weight is 320 g/mol. The van der Waals surface area contributed by atoms with E-state index in [1.54, 1.807) is 19.1 Å². The third-order valence-electron chi connectivity index (χ3n) is 3.29. The molecule has 0 saturated carbocycles. The molecule has 1 aromatic carbocycles. The second-order valence-electron chi connectivity index (χ2n) is 4.99. The van der Waals surface area contributed by atoms with Gasteiger partial charge < -0.3 is 14.2 Å². The highest BCUT2D eigenvalue weighted by molar-refractivity contribution is 5.89. The lowest BCUT2D eigenvalue weighted by molar-refractivity contribution is -0.161. The van der Waals surface area contributed by atoms with Gasteiger partial charge in [0, 0.05) is 7.11 Å². The Kier molecular flexibility index (Phi) is 8.05. The molecule has 0 spiro atoms. The summed E-state index contributed by atoms with van der Waals surface area (Å²) in [6, 6.07) is 9.05. The van der Waals surface area contributed by atoms with Crippen LogP contribution in [0.1, 0.15) is 38.4 Å². The van der Waals surface area contributed by atoms with Gasteiger partial charge >= 0.3 is 11.9 Å². The van der Waals surface area contributed by atoms with E-state index < -0.39 is 24.1 Å². The zero-order chi connectivity index (χ0) is 17.2. The van der Waals surface area contributed by atoms with Crippen molar-refractivity contribution >= 4 is 11.9 Å². The highest BCUT2D eigenvalue weighted by Crippen LogP contribution is 2.22. The zero-order valence-electron chi connectivity index (χ0n) is 13.9. The molecule has 0 unspecified atom stereocenters. The molecule has 5 nitrogen and oxygen atoms in total. The summed E-state index contributed by atoms with van der Waals surface area (Å²) in [6.07, 6.45) is -0.327. The van der Waals surface area contributed by atoms with Crippen LogP contribution in [0.4, 0.5) is 0 Å². The number of hydrogen-bond donors (Lipinski definition) is 0. The van der Waals surface area contributed by atoms with Gasteiger partial charge in [-0.25, -0.2) is 9.59 Å². The van der Waals surface area contributed by atoms with E-state index in [2.05, 4.69) is 6.58 Å². The molecule has 0 amide bonds. The minimum Gasteiger partial charge on any atom is -0.463 e. The molecule has 0 aromatic heterocycles. The van der Waals surface area contributed by atoms with Crippen molar-refractivity contribution < 1.29 is 23.8 Å². The fraction of sp³-hybridized carbons (Fsp3) is 0.444. The van der Waals surface area contributed by atoms with Crippen LogP contribution < -0.4 is 0 Å². The summed E-state index contributed by atoms with van der Waals surface area (Å²) in [4.78, 5) is 24.2. The van der Waals surface area contributed by atoms with Gasteiger partial charge in [0.15, 0.2) is 6.10 Å². The molecule has 2 atom stereocenters. The molecule has 0 saturated heterocycles. The third-order valence-corrected chi connectivity index (χ3v) is 3.29. The summed E-state index contributed by atoms with van der Waals surface area (Å²) in [7, 11) is 1.44. The van der Waals surface area contributed by atoms with Crippen molar-refractivity contribution in [3.63, 3.8) is 0 Å². The Balaban J connectivity index is 2.84. The summed E-state index contributed by atoms with van der Waals surface area (Å²) < 4.78 is 15.6. The van der Waals surface area contributed by atoms with Gasteiger partial charge in [0.2, 0.25) is 0 Å². The van der Waals surface area contributed by atoms with Crippen LogP contribution in [0.15, 0.2) is 42.5 Å². The van der Waals surface area contributed by atoms with Crippen molar-refractivity contribution in [1.82, 2.24) is 0 Å². The molecule has 0 aliphatic rings. The fourth-order valence-electron chi connectivity index (χ4n) is 2.12. The predicted octanol–water partition coefficient (Wildman–Crippen LogP) is 3.21. The maximum atomic E-state index is 12.4. The first-order valence-electron chi connectivity index (χ1n) is 7.69. The molecule has 0 aliphatic carbocycles. The Morgan fingerprint density at radius 3 is 2.35 bits per heavy atom. The van der Waals surface area contributed by atoms with Gasteiger partial charge in [-0.2, -0.15) is 0 Å². The molecule has 0 bridgehead atoms. The normalized spacial score (nSPS) is 13.0. The standard InChI is InChI=1S/C18H24O5/c1-5-10-15(13(3)17(19)22-6-2)23-18(20)16(21-4)14-11-8-7-9-12-14/h7-9,11-12,15-16H,3,5-6,10H2,1-2,4H3/t15-,16+/m0/s1. The second kappa shape index (κ2) is 9.79. The number of rotatable bonds is 9. The van der Waals surface area contributed by atoms with E-state index in [4.69, 9.17) is 14.2 Å². The van der Waals surface area contributed by atoms with Crippen LogP contribution in [0.2, 0.25) is 0 Å². The lowest BCUT2D eigenvalue weighted by Gasteiger charge is -2.22. The largest absolute Gasteiger partial charge is 0.463 e. The highest BCUT2D eigenvalue weighted by atomic mass is 16.6. The summed E-state index contributed by atoms with van der Waals surface area (Å²) in [5.41, 5.74) is 0.835. The van der Waals surface area contributed by atoms with E-state index in [0.717, 1.165) is 6.42 Å². The molecule has 0 radical (unpaired) electrons. The molecule has 1 rings (SSSR count). The van der Waals surface area contributed by atoms with Crippen molar-refractivity contribution in [3.8, 4) is 0 Å². The van der Waals surface area contributed by atoms with Gasteiger partial charge in [0.05, 0.1) is 12.2 Å². The van der Waals surface area contributed by atoms with Gasteiger partial charge in [0.1, 0.15) is 6.10 Å². The van der Waals surface area contributed by atoms with E-state index in [1.165, 1.54) is 7.11 Å². The molecule has 23 heavy (non-hydrogen) atoms. The Bertz CT molecular complexity index is 523. The van der Waals surface area contributed by atoms with E-state index in [9.17, 15) is 9.59 Å². The van der Waals surface area contributed by atoms with Crippen LogP contribution in [-0.4, -0.2) is 31.8 Å². The van der Waals surface area contributed by atoms with Gasteiger partial charge in [-0.1, -0.05) is 50.3 Å². The van der Waals surface area contributed by atoms with Crippen molar-refractivity contribution in [2.75, 3.05) is 13.7 Å². The number of hydrogen-bond acceptors (Lipinski definition) is 5. The zero-order valence-corrected chi connectivity index (χ0v) is 13.9. The minimum atomic E-state index is -0.842. The quantitative estimate of drug-likeness (QED) is 0.516. The number of ether oxygens (including phenoxy) is 3. The van der Waals surface area contributed by atoms with Crippen LogP contribution in [0, 0.1) is 0 Å². The van der Waals surface area contributed by atoms with Crippen molar-refractivity contribution in [3.05, 3.63) is 48.0 Å². The molecular weight excluding hydrogens is 296 g/mol. The average Bonchev–Trinajstić information content (AvgIpc) is 2.55. The fourth-order valence-corrected chi connectivity index (χ4v) is 2.12. The van der Waals surface area contributed by atoms with Crippen LogP contribution in [-0.2, 0) is 23.8 Å². The molecule has 0 N–H and O–H groups in total. The lowest BCUT2D eigenvalue weighted by Crippen LogP contribution is -2.28. The summed E-state index contributed by atoms with van der Waals surface area (Å²) >= 11 is 0. The number of carbonyl (C=O) groups excluding carboxylic acids is 2. The molecule has 1 aromatic rings. The number of esters is 2. The van der Waals surface area contributed by atoms with Crippen molar-refractivity contribution in [1.29, 1.82) is 0 Å². The number of carbonyl (C=O) groups is 2. The first kappa shape index (κ1) is 18.9. The molecular formula is C18H24O5. The van der Waals surface area contributed by atoms with Crippen LogP contribution in [0.5, 0.6) is 0 Å². The monoisotopic (exact) mass is 320 g/mol. The van der Waals surface area contributed by atoms with Crippen molar-refractivity contribution in [2.45, 2.75) is 38.9 Å². The molecule has 5 heteroatoms. The third kappa shape index (κ3) is 5.53.